The molecular formula is C19H18N2O2S. The molecule has 0 saturated carbocycles. The Hall–Kier alpha value is -2.66. The molecule has 3 rings (SSSR count). The largest absolute Gasteiger partial charge is 0.462 e. The minimum absolute atomic E-state index is 0.320. The number of benzene rings is 1. The van der Waals surface area contributed by atoms with Gasteiger partial charge in [0.15, 0.2) is 0 Å². The Bertz CT molecular complexity index is 924. The average molecular weight is 338 g/mol. The molecule has 1 aliphatic rings. The summed E-state index contributed by atoms with van der Waals surface area (Å²) in [6.07, 6.45) is 6.67. The number of thiophene rings is 1. The highest BCUT2D eigenvalue weighted by Crippen LogP contribution is 2.13. The van der Waals surface area contributed by atoms with Crippen LogP contribution < -0.4 is 15.6 Å². The van der Waals surface area contributed by atoms with Crippen molar-refractivity contribution in [3.05, 3.63) is 74.7 Å². The summed E-state index contributed by atoms with van der Waals surface area (Å²) >= 11 is 1.31. The molecule has 1 aromatic heterocycles. The van der Waals surface area contributed by atoms with Crippen molar-refractivity contribution in [1.82, 2.24) is 0 Å². The lowest BCUT2D eigenvalue weighted by atomic mass is 10.1. The summed E-state index contributed by atoms with van der Waals surface area (Å²) in [5.41, 5.74) is 8.10. The fourth-order valence-corrected chi connectivity index (χ4v) is 3.38. The first-order chi connectivity index (χ1) is 11.7. The van der Waals surface area contributed by atoms with E-state index >= 15 is 0 Å². The molecule has 0 aliphatic carbocycles. The number of nitrogens with zero attached hydrogens (tertiary/aromatic N) is 1. The van der Waals surface area contributed by atoms with Crippen molar-refractivity contribution in [2.75, 3.05) is 6.61 Å². The van der Waals surface area contributed by atoms with E-state index < -0.39 is 0 Å². The number of hydrogen-bond acceptors (Lipinski definition) is 5. The number of carbonyl (C=O) groups excluding carboxylic acids is 1. The first kappa shape index (κ1) is 16.2. The maximum atomic E-state index is 12.0. The fourth-order valence-electron chi connectivity index (χ4n) is 2.40. The third-order valence-corrected chi connectivity index (χ3v) is 4.58. The minimum atomic E-state index is -0.320. The van der Waals surface area contributed by atoms with Gasteiger partial charge < -0.3 is 10.5 Å². The predicted octanol–water partition coefficient (Wildman–Crippen LogP) is 2.61. The molecule has 5 heteroatoms. The van der Waals surface area contributed by atoms with Crippen molar-refractivity contribution in [3.8, 4) is 0 Å². The van der Waals surface area contributed by atoms with Crippen LogP contribution in [-0.4, -0.2) is 12.6 Å². The highest BCUT2D eigenvalue weighted by Gasteiger charge is 2.13. The van der Waals surface area contributed by atoms with E-state index in [0.29, 0.717) is 23.7 Å². The standard InChI is InChI=1S/C19H18N2O2S/c1-2-23-19(22)16-12-15-14(9-8-13-6-4-3-5-7-13)10-11-17(20)21-18(15)24-16/h3-9,11-12H,2,10,20H2,1H3/b9-8+. The summed E-state index contributed by atoms with van der Waals surface area (Å²) in [5.74, 6) is 0.149. The van der Waals surface area contributed by atoms with E-state index in [0.717, 1.165) is 21.0 Å². The maximum Gasteiger partial charge on any atom is 0.348 e. The van der Waals surface area contributed by atoms with Crippen LogP contribution in [0.5, 0.6) is 0 Å². The molecule has 1 aromatic carbocycles. The van der Waals surface area contributed by atoms with E-state index in [1.54, 1.807) is 6.92 Å². The Balaban J connectivity index is 2.07. The molecule has 0 unspecified atom stereocenters. The number of ether oxygens (including phenoxy) is 1. The van der Waals surface area contributed by atoms with E-state index in [4.69, 9.17) is 10.5 Å². The van der Waals surface area contributed by atoms with Gasteiger partial charge in [0, 0.05) is 5.22 Å². The van der Waals surface area contributed by atoms with Gasteiger partial charge >= 0.3 is 5.97 Å². The Morgan fingerprint density at radius 2 is 2.12 bits per heavy atom. The number of nitrogens with two attached hydrogens (primary N) is 1. The number of fused-ring (bicyclic) bond motifs is 1. The molecule has 0 fully saturated rings. The Morgan fingerprint density at radius 3 is 2.88 bits per heavy atom. The summed E-state index contributed by atoms with van der Waals surface area (Å²) in [5, 5.41) is 0.937. The maximum absolute atomic E-state index is 12.0. The van der Waals surface area contributed by atoms with Crippen molar-refractivity contribution in [1.29, 1.82) is 0 Å². The molecule has 24 heavy (non-hydrogen) atoms. The summed E-state index contributed by atoms with van der Waals surface area (Å²) in [6, 6.07) is 11.9. The molecule has 0 saturated heterocycles. The Morgan fingerprint density at radius 1 is 1.33 bits per heavy atom. The second-order valence-corrected chi connectivity index (χ2v) is 6.29. The van der Waals surface area contributed by atoms with Crippen LogP contribution in [0.4, 0.5) is 0 Å². The summed E-state index contributed by atoms with van der Waals surface area (Å²) in [6.45, 7) is 2.15. The third kappa shape index (κ3) is 3.63. The summed E-state index contributed by atoms with van der Waals surface area (Å²) in [4.78, 5) is 16.9. The topological polar surface area (TPSA) is 64.7 Å². The fraction of sp³-hybridized carbons (Fsp3) is 0.158. The molecular weight excluding hydrogens is 320 g/mol. The molecule has 4 nitrogen and oxygen atoms in total. The Labute approximate surface area is 144 Å². The normalized spacial score (nSPS) is 13.9. The van der Waals surface area contributed by atoms with Gasteiger partial charge in [-0.05, 0) is 36.6 Å². The second kappa shape index (κ2) is 7.27. The molecule has 2 N–H and O–H groups in total. The van der Waals surface area contributed by atoms with Gasteiger partial charge in [0.1, 0.15) is 15.4 Å². The van der Waals surface area contributed by atoms with E-state index in [2.05, 4.69) is 17.1 Å². The van der Waals surface area contributed by atoms with Crippen LogP contribution in [0.25, 0.3) is 11.6 Å². The first-order valence-corrected chi connectivity index (χ1v) is 8.56. The highest BCUT2D eigenvalue weighted by molar-refractivity contribution is 7.11. The van der Waals surface area contributed by atoms with Crippen molar-refractivity contribution in [2.24, 2.45) is 10.7 Å². The zero-order valence-electron chi connectivity index (χ0n) is 13.4. The molecule has 2 aromatic rings. The lowest BCUT2D eigenvalue weighted by Gasteiger charge is -1.98. The van der Waals surface area contributed by atoms with Crippen LogP contribution in [0.3, 0.4) is 0 Å². The van der Waals surface area contributed by atoms with E-state index in [1.807, 2.05) is 42.5 Å². The van der Waals surface area contributed by atoms with Crippen LogP contribution in [0.1, 0.15) is 28.6 Å². The Kier molecular flexibility index (Phi) is 4.91. The molecule has 0 amide bonds. The minimum Gasteiger partial charge on any atom is -0.462 e. The molecule has 122 valence electrons. The van der Waals surface area contributed by atoms with Crippen molar-refractivity contribution < 1.29 is 9.53 Å². The van der Waals surface area contributed by atoms with Crippen LogP contribution in [0.15, 0.2) is 59.4 Å². The number of carbonyl (C=O) groups is 1. The van der Waals surface area contributed by atoms with Crippen LogP contribution in [0.2, 0.25) is 0 Å². The van der Waals surface area contributed by atoms with Gasteiger partial charge in [0.05, 0.1) is 6.61 Å². The molecule has 0 radical (unpaired) electrons. The zero-order valence-corrected chi connectivity index (χ0v) is 14.2. The van der Waals surface area contributed by atoms with Gasteiger partial charge in [-0.1, -0.05) is 42.5 Å². The van der Waals surface area contributed by atoms with Gasteiger partial charge in [-0.25, -0.2) is 9.79 Å². The molecule has 2 heterocycles. The van der Waals surface area contributed by atoms with Crippen molar-refractivity contribution >= 4 is 29.0 Å². The quantitative estimate of drug-likeness (QED) is 0.872. The average Bonchev–Trinajstić information content (AvgIpc) is 2.93. The van der Waals surface area contributed by atoms with Gasteiger partial charge in [-0.15, -0.1) is 11.3 Å². The van der Waals surface area contributed by atoms with E-state index in [9.17, 15) is 4.79 Å². The second-order valence-electron chi connectivity index (χ2n) is 5.26. The SMILES string of the molecule is CCOC(=O)c1cc2c(s1)=NC(N)=CCC=2/C=C/c1ccccc1. The molecule has 0 spiro atoms. The number of esters is 1. The van der Waals surface area contributed by atoms with Crippen molar-refractivity contribution in [3.63, 3.8) is 0 Å². The van der Waals surface area contributed by atoms with Crippen molar-refractivity contribution in [2.45, 2.75) is 13.3 Å². The monoisotopic (exact) mass is 338 g/mol. The zero-order chi connectivity index (χ0) is 16.9. The number of allylic oxidation sites excluding steroid dienone is 2. The first-order valence-electron chi connectivity index (χ1n) is 7.75. The molecule has 1 aliphatic heterocycles. The molecule has 0 bridgehead atoms. The van der Waals surface area contributed by atoms with Crippen LogP contribution >= 0.6 is 11.3 Å². The van der Waals surface area contributed by atoms with E-state index in [1.165, 1.54) is 11.3 Å². The number of hydrogen-bond donors (Lipinski definition) is 1. The van der Waals surface area contributed by atoms with Crippen LogP contribution in [-0.2, 0) is 4.74 Å². The third-order valence-electron chi connectivity index (χ3n) is 3.57. The lowest BCUT2D eigenvalue weighted by Crippen LogP contribution is -2.20. The summed E-state index contributed by atoms with van der Waals surface area (Å²) in [7, 11) is 0. The van der Waals surface area contributed by atoms with Crippen LogP contribution in [0, 0.1) is 0 Å². The lowest BCUT2D eigenvalue weighted by molar-refractivity contribution is 0.0532. The smallest absolute Gasteiger partial charge is 0.348 e. The van der Waals surface area contributed by atoms with E-state index in [-0.39, 0.29) is 5.97 Å². The number of rotatable bonds is 4. The van der Waals surface area contributed by atoms with Gasteiger partial charge in [-0.2, -0.15) is 0 Å². The molecule has 0 atom stereocenters. The predicted molar refractivity (Wildman–Crippen MR) is 96.8 cm³/mol. The summed E-state index contributed by atoms with van der Waals surface area (Å²) < 4.78 is 5.83. The van der Waals surface area contributed by atoms with Gasteiger partial charge in [-0.3, -0.25) is 0 Å². The van der Waals surface area contributed by atoms with Gasteiger partial charge in [0.25, 0.3) is 0 Å². The highest BCUT2D eigenvalue weighted by atomic mass is 32.1. The van der Waals surface area contributed by atoms with Gasteiger partial charge in [0.2, 0.25) is 0 Å².